The van der Waals surface area contributed by atoms with Crippen LogP contribution in [0.25, 0.3) is 0 Å². The molecule has 0 radical (unpaired) electrons. The van der Waals surface area contributed by atoms with Crippen LogP contribution in [0.1, 0.15) is 40.7 Å². The van der Waals surface area contributed by atoms with Crippen molar-refractivity contribution in [2.45, 2.75) is 32.5 Å². The van der Waals surface area contributed by atoms with Crippen molar-refractivity contribution in [3.63, 3.8) is 0 Å². The summed E-state index contributed by atoms with van der Waals surface area (Å²) in [6.07, 6.45) is -3.12. The molecule has 3 N–H and O–H groups in total. The number of nitrogens with zero attached hydrogens (tertiary/aromatic N) is 1. The van der Waals surface area contributed by atoms with Gasteiger partial charge in [-0.05, 0) is 24.6 Å². The lowest BCUT2D eigenvalue weighted by atomic mass is 10.1. The van der Waals surface area contributed by atoms with E-state index in [-0.39, 0.29) is 17.1 Å². The molecule has 0 fully saturated rings. The third-order valence-corrected chi connectivity index (χ3v) is 4.04. The highest BCUT2D eigenvalue weighted by Gasteiger charge is 2.32. The quantitative estimate of drug-likeness (QED) is 0.758. The van der Waals surface area contributed by atoms with Crippen molar-refractivity contribution in [1.29, 1.82) is 0 Å². The first-order valence-electron chi connectivity index (χ1n) is 8.32. The zero-order valence-corrected chi connectivity index (χ0v) is 14.2. The Labute approximate surface area is 148 Å². The van der Waals surface area contributed by atoms with E-state index in [9.17, 15) is 18.0 Å². The third kappa shape index (κ3) is 3.82. The van der Waals surface area contributed by atoms with Gasteiger partial charge in [-0.25, -0.2) is 0 Å². The number of alkyl halides is 3. The van der Waals surface area contributed by atoms with Crippen LogP contribution in [-0.2, 0) is 19.1 Å². The molecule has 140 valence electrons. The summed E-state index contributed by atoms with van der Waals surface area (Å²) in [6.45, 7) is 3.47. The minimum atomic E-state index is -4.52. The Bertz CT molecular complexity index is 802. The molecule has 26 heavy (non-hydrogen) atoms. The van der Waals surface area contributed by atoms with E-state index in [1.807, 2.05) is 6.92 Å². The van der Waals surface area contributed by atoms with Crippen LogP contribution in [0.4, 0.5) is 18.9 Å². The first-order valence-corrected chi connectivity index (χ1v) is 8.32. The molecule has 6 nitrogen and oxygen atoms in total. The fourth-order valence-electron chi connectivity index (χ4n) is 2.74. The molecule has 1 aromatic heterocycles. The van der Waals surface area contributed by atoms with Gasteiger partial charge < -0.3 is 15.4 Å². The molecule has 1 aliphatic rings. The van der Waals surface area contributed by atoms with Crippen LogP contribution in [0.15, 0.2) is 18.2 Å². The number of aromatic amines is 1. The van der Waals surface area contributed by atoms with Gasteiger partial charge in [0.2, 0.25) is 0 Å². The summed E-state index contributed by atoms with van der Waals surface area (Å²) in [5.41, 5.74) is 0.879. The number of amides is 1. The number of fused-ring (bicyclic) bond motifs is 1. The molecule has 1 aromatic carbocycles. The lowest BCUT2D eigenvalue weighted by Crippen LogP contribution is -2.25. The smallest absolute Gasteiger partial charge is 0.416 e. The number of benzene rings is 1. The Hall–Kier alpha value is -2.55. The number of hydrogen-bond acceptors (Lipinski definition) is 4. The van der Waals surface area contributed by atoms with Crippen molar-refractivity contribution in [3.05, 3.63) is 40.7 Å². The van der Waals surface area contributed by atoms with Gasteiger partial charge in [0.1, 0.15) is 5.75 Å². The van der Waals surface area contributed by atoms with Crippen LogP contribution in [0.2, 0.25) is 0 Å². The van der Waals surface area contributed by atoms with Crippen LogP contribution < -0.4 is 15.4 Å². The van der Waals surface area contributed by atoms with Crippen LogP contribution in [0, 0.1) is 0 Å². The maximum Gasteiger partial charge on any atom is 0.416 e. The van der Waals surface area contributed by atoms with Gasteiger partial charge in [-0.3, -0.25) is 9.89 Å². The number of carbonyl (C=O) groups excluding carboxylic acids is 1. The fourth-order valence-corrected chi connectivity index (χ4v) is 2.74. The van der Waals surface area contributed by atoms with Crippen LogP contribution in [0.5, 0.6) is 5.75 Å². The van der Waals surface area contributed by atoms with Gasteiger partial charge in [0.05, 0.1) is 17.9 Å². The highest BCUT2D eigenvalue weighted by atomic mass is 19.4. The monoisotopic (exact) mass is 368 g/mol. The maximum atomic E-state index is 13.0. The van der Waals surface area contributed by atoms with E-state index in [4.69, 9.17) is 4.74 Å². The second kappa shape index (κ2) is 7.36. The zero-order valence-electron chi connectivity index (χ0n) is 14.2. The Morgan fingerprint density at radius 3 is 2.92 bits per heavy atom. The molecule has 0 aliphatic carbocycles. The molecule has 0 spiro atoms. The number of ether oxygens (including phenoxy) is 1. The Kier molecular flexibility index (Phi) is 5.17. The first kappa shape index (κ1) is 18.2. The molecule has 0 bridgehead atoms. The topological polar surface area (TPSA) is 79.0 Å². The summed E-state index contributed by atoms with van der Waals surface area (Å²) in [6, 6.07) is 3.02. The predicted molar refractivity (Wildman–Crippen MR) is 89.2 cm³/mol. The molecular weight excluding hydrogens is 349 g/mol. The summed E-state index contributed by atoms with van der Waals surface area (Å²) in [5, 5.41) is 12.5. The molecular formula is C17H19F3N4O2. The normalized spacial score (nSPS) is 14.0. The molecule has 2 heterocycles. The van der Waals surface area contributed by atoms with E-state index in [2.05, 4.69) is 20.8 Å². The number of aromatic nitrogens is 2. The lowest BCUT2D eigenvalue weighted by Gasteiger charge is -2.16. The fraction of sp³-hybridized carbons (Fsp3) is 0.412. The van der Waals surface area contributed by atoms with Crippen LogP contribution in [-0.4, -0.2) is 29.3 Å². The number of nitrogens with one attached hydrogen (secondary N) is 3. The second-order valence-electron chi connectivity index (χ2n) is 5.97. The van der Waals surface area contributed by atoms with Crippen molar-refractivity contribution in [3.8, 4) is 5.75 Å². The van der Waals surface area contributed by atoms with Gasteiger partial charge in [0.15, 0.2) is 5.69 Å². The minimum Gasteiger partial charge on any atom is -0.491 e. The molecule has 1 aliphatic heterocycles. The molecule has 0 atom stereocenters. The summed E-state index contributed by atoms with van der Waals surface area (Å²) >= 11 is 0. The summed E-state index contributed by atoms with van der Waals surface area (Å²) in [7, 11) is 0. The SMILES string of the molecule is CCCOc1ccc(C(F)(F)F)cc1NC(=O)c1n[nH]c2c1CNCC2. The zero-order chi connectivity index (χ0) is 18.7. The molecule has 0 unspecified atom stereocenters. The van der Waals surface area contributed by atoms with Crippen molar-refractivity contribution >= 4 is 11.6 Å². The predicted octanol–water partition coefficient (Wildman–Crippen LogP) is 3.12. The van der Waals surface area contributed by atoms with E-state index < -0.39 is 17.6 Å². The standard InChI is InChI=1S/C17H19F3N4O2/c1-2-7-26-14-4-3-10(17(18,19)20)8-13(14)22-16(25)15-11-9-21-6-5-12(11)23-24-15/h3-4,8,21H,2,5-7,9H2,1H3,(H,22,25)(H,23,24). The largest absolute Gasteiger partial charge is 0.491 e. The van der Waals surface area contributed by atoms with Gasteiger partial charge in [0, 0.05) is 30.8 Å². The van der Waals surface area contributed by atoms with Gasteiger partial charge in [0.25, 0.3) is 5.91 Å². The molecule has 0 saturated carbocycles. The average Bonchev–Trinajstić information content (AvgIpc) is 3.04. The van der Waals surface area contributed by atoms with Crippen molar-refractivity contribution in [2.24, 2.45) is 0 Å². The van der Waals surface area contributed by atoms with Gasteiger partial charge >= 0.3 is 6.18 Å². The van der Waals surface area contributed by atoms with Crippen LogP contribution in [0.3, 0.4) is 0 Å². The number of H-pyrrole nitrogens is 1. The summed E-state index contributed by atoms with van der Waals surface area (Å²) in [4.78, 5) is 12.6. The van der Waals surface area contributed by atoms with Crippen molar-refractivity contribution in [1.82, 2.24) is 15.5 Å². The van der Waals surface area contributed by atoms with Crippen LogP contribution >= 0.6 is 0 Å². The third-order valence-electron chi connectivity index (χ3n) is 4.04. The van der Waals surface area contributed by atoms with E-state index in [0.717, 1.165) is 29.9 Å². The highest BCUT2D eigenvalue weighted by molar-refractivity contribution is 6.04. The summed E-state index contributed by atoms with van der Waals surface area (Å²) in [5.74, 6) is -0.386. The van der Waals surface area contributed by atoms with Gasteiger partial charge in [-0.1, -0.05) is 6.92 Å². The average molecular weight is 368 g/mol. The van der Waals surface area contributed by atoms with E-state index in [1.165, 1.54) is 6.07 Å². The summed E-state index contributed by atoms with van der Waals surface area (Å²) < 4.78 is 44.5. The van der Waals surface area contributed by atoms with E-state index in [1.54, 1.807) is 0 Å². The van der Waals surface area contributed by atoms with Gasteiger partial charge in [-0.2, -0.15) is 18.3 Å². The van der Waals surface area contributed by atoms with Crippen molar-refractivity contribution in [2.75, 3.05) is 18.5 Å². The van der Waals surface area contributed by atoms with E-state index in [0.29, 0.717) is 26.0 Å². The number of halogens is 3. The number of carbonyl (C=O) groups is 1. The molecule has 9 heteroatoms. The first-order chi connectivity index (χ1) is 12.4. The van der Waals surface area contributed by atoms with E-state index >= 15 is 0 Å². The Balaban J connectivity index is 1.89. The lowest BCUT2D eigenvalue weighted by molar-refractivity contribution is -0.137. The molecule has 1 amide bonds. The highest BCUT2D eigenvalue weighted by Crippen LogP contribution is 2.35. The number of anilines is 1. The van der Waals surface area contributed by atoms with Crippen molar-refractivity contribution < 1.29 is 22.7 Å². The van der Waals surface area contributed by atoms with Gasteiger partial charge in [-0.15, -0.1) is 0 Å². The second-order valence-corrected chi connectivity index (χ2v) is 5.97. The molecule has 2 aromatic rings. The Morgan fingerprint density at radius 1 is 1.38 bits per heavy atom. The number of rotatable bonds is 5. The Morgan fingerprint density at radius 2 is 2.19 bits per heavy atom. The maximum absolute atomic E-state index is 13.0. The molecule has 0 saturated heterocycles. The molecule has 3 rings (SSSR count). The minimum absolute atomic E-state index is 0.0289. The number of hydrogen-bond donors (Lipinski definition) is 3.